The second kappa shape index (κ2) is 9.67. The van der Waals surface area contributed by atoms with E-state index >= 15 is 0 Å². The molecule has 12 heteroatoms. The van der Waals surface area contributed by atoms with Crippen LogP contribution in [0.5, 0.6) is 0 Å². The van der Waals surface area contributed by atoms with E-state index in [9.17, 15) is 14.9 Å². The van der Waals surface area contributed by atoms with Crippen molar-refractivity contribution in [2.75, 3.05) is 11.1 Å². The molecule has 0 bridgehead atoms. The summed E-state index contributed by atoms with van der Waals surface area (Å²) in [6.07, 6.45) is 0. The van der Waals surface area contributed by atoms with Crippen LogP contribution in [0.4, 0.5) is 11.4 Å². The van der Waals surface area contributed by atoms with E-state index in [0.717, 1.165) is 17.2 Å². The number of aryl methyl sites for hydroxylation is 2. The standard InChI is InChI=1S/C18H19N7O3S2/c1-11-8-12(2)20-17(19-11)29-9-15-22-23-18(24(15)3)30-10-16(26)21-13-6-4-5-7-14(13)25(27)28/h4-8H,9-10H2,1-3H3,(H,21,26). The number of nitrogens with one attached hydrogen (secondary N) is 1. The topological polar surface area (TPSA) is 129 Å². The number of nitrogens with zero attached hydrogens (tertiary/aromatic N) is 6. The molecule has 1 aromatic carbocycles. The fourth-order valence-electron chi connectivity index (χ4n) is 2.54. The lowest BCUT2D eigenvalue weighted by atomic mass is 10.2. The average Bonchev–Trinajstić information content (AvgIpc) is 3.04. The van der Waals surface area contributed by atoms with Gasteiger partial charge in [-0.2, -0.15) is 0 Å². The summed E-state index contributed by atoms with van der Waals surface area (Å²) in [6, 6.07) is 7.92. The van der Waals surface area contributed by atoms with Crippen molar-refractivity contribution in [3.63, 3.8) is 0 Å². The molecule has 3 aromatic rings. The molecule has 0 radical (unpaired) electrons. The number of nitro groups is 1. The molecule has 2 heterocycles. The van der Waals surface area contributed by atoms with E-state index in [-0.39, 0.29) is 23.0 Å². The number of anilines is 1. The van der Waals surface area contributed by atoms with Crippen LogP contribution in [0.25, 0.3) is 0 Å². The highest BCUT2D eigenvalue weighted by molar-refractivity contribution is 7.99. The lowest BCUT2D eigenvalue weighted by Gasteiger charge is -2.06. The summed E-state index contributed by atoms with van der Waals surface area (Å²) in [5, 5.41) is 23.2. The van der Waals surface area contributed by atoms with Crippen LogP contribution in [0.3, 0.4) is 0 Å². The van der Waals surface area contributed by atoms with E-state index in [1.165, 1.54) is 35.7 Å². The first-order valence-corrected chi connectivity index (χ1v) is 10.8. The summed E-state index contributed by atoms with van der Waals surface area (Å²) in [4.78, 5) is 31.5. The molecule has 156 valence electrons. The van der Waals surface area contributed by atoms with Gasteiger partial charge >= 0.3 is 0 Å². The molecule has 2 aromatic heterocycles. The molecular weight excluding hydrogens is 426 g/mol. The molecule has 0 unspecified atom stereocenters. The monoisotopic (exact) mass is 445 g/mol. The molecule has 0 saturated carbocycles. The Labute approximate surface area is 181 Å². The van der Waals surface area contributed by atoms with Gasteiger partial charge in [0, 0.05) is 24.5 Å². The van der Waals surface area contributed by atoms with Gasteiger partial charge in [-0.3, -0.25) is 14.9 Å². The van der Waals surface area contributed by atoms with E-state index < -0.39 is 4.92 Å². The fourth-order valence-corrected chi connectivity index (χ4v) is 4.20. The maximum atomic E-state index is 12.2. The summed E-state index contributed by atoms with van der Waals surface area (Å²) in [6.45, 7) is 3.84. The van der Waals surface area contributed by atoms with Crippen molar-refractivity contribution < 1.29 is 9.72 Å². The van der Waals surface area contributed by atoms with Crippen molar-refractivity contribution in [2.24, 2.45) is 7.05 Å². The van der Waals surface area contributed by atoms with Crippen LogP contribution in [-0.4, -0.2) is 41.3 Å². The largest absolute Gasteiger partial charge is 0.320 e. The third-order valence-corrected chi connectivity index (χ3v) is 5.79. The van der Waals surface area contributed by atoms with Crippen molar-refractivity contribution in [1.82, 2.24) is 24.7 Å². The summed E-state index contributed by atoms with van der Waals surface area (Å²) in [7, 11) is 1.82. The van der Waals surface area contributed by atoms with Gasteiger partial charge < -0.3 is 9.88 Å². The van der Waals surface area contributed by atoms with Crippen LogP contribution < -0.4 is 5.32 Å². The highest BCUT2D eigenvalue weighted by atomic mass is 32.2. The van der Waals surface area contributed by atoms with Crippen LogP contribution in [0.1, 0.15) is 17.2 Å². The second-order valence-corrected chi connectivity index (χ2v) is 8.18. The van der Waals surface area contributed by atoms with Gasteiger partial charge in [0.1, 0.15) is 11.5 Å². The van der Waals surface area contributed by atoms with Crippen molar-refractivity contribution in [1.29, 1.82) is 0 Å². The minimum absolute atomic E-state index is 0.0470. The van der Waals surface area contributed by atoms with Gasteiger partial charge in [0.2, 0.25) is 5.91 Å². The molecule has 1 amide bonds. The molecule has 0 fully saturated rings. The molecule has 3 rings (SSSR count). The van der Waals surface area contributed by atoms with Gasteiger partial charge in [-0.25, -0.2) is 9.97 Å². The fraction of sp³-hybridized carbons (Fsp3) is 0.278. The van der Waals surface area contributed by atoms with Gasteiger partial charge in [0.25, 0.3) is 5.69 Å². The van der Waals surface area contributed by atoms with Gasteiger partial charge in [0.15, 0.2) is 10.3 Å². The van der Waals surface area contributed by atoms with E-state index in [0.29, 0.717) is 16.1 Å². The Morgan fingerprint density at radius 3 is 2.57 bits per heavy atom. The average molecular weight is 446 g/mol. The Balaban J connectivity index is 1.57. The van der Waals surface area contributed by atoms with Crippen molar-refractivity contribution in [3.05, 3.63) is 57.7 Å². The predicted molar refractivity (Wildman–Crippen MR) is 115 cm³/mol. The number of thioether (sulfide) groups is 2. The highest BCUT2D eigenvalue weighted by Crippen LogP contribution is 2.25. The molecular formula is C18H19N7O3S2. The number of carbonyl (C=O) groups excluding carboxylic acids is 1. The zero-order chi connectivity index (χ0) is 21.7. The Hall–Kier alpha value is -2.99. The molecule has 10 nitrogen and oxygen atoms in total. The van der Waals surface area contributed by atoms with Gasteiger partial charge in [-0.05, 0) is 26.0 Å². The maximum absolute atomic E-state index is 12.2. The third kappa shape index (κ3) is 5.54. The maximum Gasteiger partial charge on any atom is 0.292 e. The van der Waals surface area contributed by atoms with Crippen LogP contribution in [-0.2, 0) is 17.6 Å². The quantitative estimate of drug-likeness (QED) is 0.240. The summed E-state index contributed by atoms with van der Waals surface area (Å²) in [5.74, 6) is 0.946. The summed E-state index contributed by atoms with van der Waals surface area (Å²) in [5.41, 5.74) is 1.83. The Morgan fingerprint density at radius 2 is 1.87 bits per heavy atom. The number of para-hydroxylation sites is 2. The lowest BCUT2D eigenvalue weighted by Crippen LogP contribution is -2.15. The summed E-state index contributed by atoms with van der Waals surface area (Å²) >= 11 is 2.66. The van der Waals surface area contributed by atoms with Crippen LogP contribution in [0.15, 0.2) is 40.6 Å². The summed E-state index contributed by atoms with van der Waals surface area (Å²) < 4.78 is 1.80. The first-order valence-electron chi connectivity index (χ1n) is 8.83. The molecule has 0 spiro atoms. The first-order chi connectivity index (χ1) is 14.3. The molecule has 0 atom stereocenters. The highest BCUT2D eigenvalue weighted by Gasteiger charge is 2.16. The molecule has 0 saturated heterocycles. The number of hydrogen-bond acceptors (Lipinski definition) is 9. The number of rotatable bonds is 8. The van der Waals surface area contributed by atoms with E-state index in [2.05, 4.69) is 25.5 Å². The van der Waals surface area contributed by atoms with E-state index in [4.69, 9.17) is 0 Å². The van der Waals surface area contributed by atoms with E-state index in [1.54, 1.807) is 16.7 Å². The van der Waals surface area contributed by atoms with Gasteiger partial charge in [-0.1, -0.05) is 35.7 Å². The number of amides is 1. The first kappa shape index (κ1) is 21.7. The SMILES string of the molecule is Cc1cc(C)nc(SCc2nnc(SCC(=O)Nc3ccccc3[N+](=O)[O-])n2C)n1. The number of carbonyl (C=O) groups is 1. The number of hydrogen-bond donors (Lipinski definition) is 1. The zero-order valence-corrected chi connectivity index (χ0v) is 18.2. The number of nitro benzene ring substituents is 1. The Kier molecular flexibility index (Phi) is 7.00. The smallest absolute Gasteiger partial charge is 0.292 e. The third-order valence-electron chi connectivity index (χ3n) is 3.92. The molecule has 1 N–H and O–H groups in total. The van der Waals surface area contributed by atoms with E-state index in [1.807, 2.05) is 27.0 Å². The molecule has 0 aliphatic rings. The molecule has 0 aliphatic heterocycles. The normalized spacial score (nSPS) is 10.8. The number of aromatic nitrogens is 5. The lowest BCUT2D eigenvalue weighted by molar-refractivity contribution is -0.383. The van der Waals surface area contributed by atoms with Crippen molar-refractivity contribution >= 4 is 40.8 Å². The molecule has 30 heavy (non-hydrogen) atoms. The molecule has 0 aliphatic carbocycles. The van der Waals surface area contributed by atoms with Gasteiger partial charge in [0.05, 0.1) is 16.4 Å². The van der Waals surface area contributed by atoms with Crippen LogP contribution >= 0.6 is 23.5 Å². The zero-order valence-electron chi connectivity index (χ0n) is 16.5. The Bertz CT molecular complexity index is 1070. The second-order valence-electron chi connectivity index (χ2n) is 6.29. The minimum Gasteiger partial charge on any atom is -0.320 e. The predicted octanol–water partition coefficient (Wildman–Crippen LogP) is 3.15. The van der Waals surface area contributed by atoms with Gasteiger partial charge in [-0.15, -0.1) is 10.2 Å². The van der Waals surface area contributed by atoms with Crippen LogP contribution in [0.2, 0.25) is 0 Å². The number of benzene rings is 1. The van der Waals surface area contributed by atoms with Crippen molar-refractivity contribution in [2.45, 2.75) is 29.9 Å². The Morgan fingerprint density at radius 1 is 1.17 bits per heavy atom. The van der Waals surface area contributed by atoms with Crippen molar-refractivity contribution in [3.8, 4) is 0 Å². The minimum atomic E-state index is -0.533. The van der Waals surface area contributed by atoms with Crippen LogP contribution in [0, 0.1) is 24.0 Å².